The summed E-state index contributed by atoms with van der Waals surface area (Å²) in [7, 11) is 1.61. The molecule has 104 valence electrons. The van der Waals surface area contributed by atoms with Crippen LogP contribution in [0.15, 0.2) is 24.4 Å². The van der Waals surface area contributed by atoms with Gasteiger partial charge in [-0.3, -0.25) is 14.3 Å². The third-order valence-corrected chi connectivity index (χ3v) is 3.03. The van der Waals surface area contributed by atoms with Crippen LogP contribution < -0.4 is 11.1 Å². The minimum absolute atomic E-state index is 0.0223. The summed E-state index contributed by atoms with van der Waals surface area (Å²) < 4.78 is 1.37. The van der Waals surface area contributed by atoms with Crippen LogP contribution in [0, 0.1) is 0 Å². The molecule has 0 saturated carbocycles. The fraction of sp³-hybridized carbons (Fsp3) is 0.0833. The molecule has 6 nitrogen and oxygen atoms in total. The molecule has 0 atom stereocenters. The van der Waals surface area contributed by atoms with Crippen LogP contribution >= 0.6 is 23.2 Å². The smallest absolute Gasteiger partial charge is 0.271 e. The highest BCUT2D eigenvalue weighted by Crippen LogP contribution is 2.22. The fourth-order valence-corrected chi connectivity index (χ4v) is 2.12. The molecule has 1 aromatic heterocycles. The van der Waals surface area contributed by atoms with Crippen LogP contribution in [-0.2, 0) is 7.05 Å². The Morgan fingerprint density at radius 1 is 1.35 bits per heavy atom. The van der Waals surface area contributed by atoms with Gasteiger partial charge in [-0.15, -0.1) is 0 Å². The first-order valence-electron chi connectivity index (χ1n) is 5.48. The molecule has 2 amide bonds. The van der Waals surface area contributed by atoms with Crippen molar-refractivity contribution in [3.05, 3.63) is 45.7 Å². The van der Waals surface area contributed by atoms with Gasteiger partial charge in [0.1, 0.15) is 0 Å². The van der Waals surface area contributed by atoms with Crippen molar-refractivity contribution >= 4 is 40.7 Å². The number of hydrogen-bond donors (Lipinski definition) is 2. The number of halogens is 2. The van der Waals surface area contributed by atoms with Gasteiger partial charge in [-0.1, -0.05) is 23.2 Å². The molecule has 2 rings (SSSR count). The Morgan fingerprint density at radius 2 is 2.05 bits per heavy atom. The number of nitrogens with two attached hydrogens (primary N) is 1. The Bertz CT molecular complexity index is 697. The average molecular weight is 313 g/mol. The molecule has 0 aliphatic rings. The van der Waals surface area contributed by atoms with Gasteiger partial charge in [-0.2, -0.15) is 5.10 Å². The van der Waals surface area contributed by atoms with E-state index >= 15 is 0 Å². The van der Waals surface area contributed by atoms with E-state index in [4.69, 9.17) is 28.9 Å². The number of nitrogens with zero attached hydrogens (tertiary/aromatic N) is 2. The summed E-state index contributed by atoms with van der Waals surface area (Å²) in [6, 6.07) is 4.48. The van der Waals surface area contributed by atoms with E-state index in [1.807, 2.05) is 0 Å². The van der Waals surface area contributed by atoms with Gasteiger partial charge in [0.15, 0.2) is 5.69 Å². The van der Waals surface area contributed by atoms with Crippen LogP contribution in [0.5, 0.6) is 0 Å². The molecular formula is C12H10Cl2N4O2. The highest BCUT2D eigenvalue weighted by atomic mass is 35.5. The SMILES string of the molecule is Cn1cc(NC(=O)c2ccc(Cl)cc2Cl)c(C(N)=O)n1. The zero-order valence-electron chi connectivity index (χ0n) is 10.4. The minimum atomic E-state index is -0.733. The van der Waals surface area contributed by atoms with Gasteiger partial charge < -0.3 is 11.1 Å². The number of primary amides is 1. The lowest BCUT2D eigenvalue weighted by Gasteiger charge is -2.06. The Kier molecular flexibility index (Phi) is 3.96. The summed E-state index contributed by atoms with van der Waals surface area (Å²) in [4.78, 5) is 23.3. The zero-order chi connectivity index (χ0) is 14.9. The Balaban J connectivity index is 2.30. The molecule has 1 heterocycles. The molecule has 0 saturated heterocycles. The number of benzene rings is 1. The van der Waals surface area contributed by atoms with Gasteiger partial charge in [0.05, 0.1) is 16.3 Å². The van der Waals surface area contributed by atoms with Crippen LogP contribution in [0.1, 0.15) is 20.8 Å². The number of aryl methyl sites for hydroxylation is 1. The van der Waals surface area contributed by atoms with Crippen molar-refractivity contribution < 1.29 is 9.59 Å². The molecule has 0 unspecified atom stereocenters. The topological polar surface area (TPSA) is 90.0 Å². The molecule has 0 fully saturated rings. The summed E-state index contributed by atoms with van der Waals surface area (Å²) in [6.07, 6.45) is 1.47. The number of aromatic nitrogens is 2. The van der Waals surface area contributed by atoms with Crippen LogP contribution in [-0.4, -0.2) is 21.6 Å². The Hall–Kier alpha value is -2.05. The van der Waals surface area contributed by atoms with Crippen molar-refractivity contribution in [3.8, 4) is 0 Å². The lowest BCUT2D eigenvalue weighted by Crippen LogP contribution is -2.18. The van der Waals surface area contributed by atoms with E-state index in [9.17, 15) is 9.59 Å². The summed E-state index contributed by atoms with van der Waals surface area (Å²) >= 11 is 11.7. The number of carbonyl (C=O) groups excluding carboxylic acids is 2. The second kappa shape index (κ2) is 5.52. The van der Waals surface area contributed by atoms with E-state index in [0.717, 1.165) is 0 Å². The van der Waals surface area contributed by atoms with Crippen LogP contribution in [0.2, 0.25) is 10.0 Å². The van der Waals surface area contributed by atoms with Crippen molar-refractivity contribution in [2.24, 2.45) is 12.8 Å². The first-order valence-corrected chi connectivity index (χ1v) is 6.24. The quantitative estimate of drug-likeness (QED) is 0.909. The Morgan fingerprint density at radius 3 is 2.65 bits per heavy atom. The van der Waals surface area contributed by atoms with E-state index in [0.29, 0.717) is 5.02 Å². The first-order chi connectivity index (χ1) is 9.38. The Labute approximate surface area is 124 Å². The molecule has 0 radical (unpaired) electrons. The van der Waals surface area contributed by atoms with E-state index < -0.39 is 11.8 Å². The second-order valence-electron chi connectivity index (χ2n) is 4.01. The summed E-state index contributed by atoms with van der Waals surface area (Å²) in [6.45, 7) is 0. The van der Waals surface area contributed by atoms with Gasteiger partial charge in [-0.05, 0) is 18.2 Å². The third-order valence-electron chi connectivity index (χ3n) is 2.49. The molecule has 8 heteroatoms. The maximum absolute atomic E-state index is 12.1. The number of nitrogens with one attached hydrogen (secondary N) is 1. The lowest BCUT2D eigenvalue weighted by atomic mass is 10.2. The highest BCUT2D eigenvalue weighted by Gasteiger charge is 2.17. The molecule has 0 spiro atoms. The van der Waals surface area contributed by atoms with Gasteiger partial charge in [-0.25, -0.2) is 0 Å². The van der Waals surface area contributed by atoms with Gasteiger partial charge in [0.2, 0.25) is 0 Å². The predicted octanol–water partition coefficient (Wildman–Crippen LogP) is 2.08. The predicted molar refractivity (Wildman–Crippen MR) is 76.1 cm³/mol. The maximum Gasteiger partial charge on any atom is 0.271 e. The molecule has 0 aliphatic heterocycles. The number of amides is 2. The summed E-state index contributed by atoms with van der Waals surface area (Å²) in [5, 5.41) is 7.04. The molecule has 0 bridgehead atoms. The van der Waals surface area contributed by atoms with Crippen molar-refractivity contribution in [1.29, 1.82) is 0 Å². The van der Waals surface area contributed by atoms with Crippen LogP contribution in [0.25, 0.3) is 0 Å². The highest BCUT2D eigenvalue weighted by molar-refractivity contribution is 6.37. The summed E-state index contributed by atoms with van der Waals surface area (Å²) in [5.74, 6) is -1.22. The van der Waals surface area contributed by atoms with Crippen LogP contribution in [0.3, 0.4) is 0 Å². The van der Waals surface area contributed by atoms with Crippen LogP contribution in [0.4, 0.5) is 5.69 Å². The molecule has 3 N–H and O–H groups in total. The van der Waals surface area contributed by atoms with Gasteiger partial charge in [0.25, 0.3) is 11.8 Å². The van der Waals surface area contributed by atoms with Gasteiger partial charge >= 0.3 is 0 Å². The number of rotatable bonds is 3. The average Bonchev–Trinajstić information content (AvgIpc) is 2.70. The van der Waals surface area contributed by atoms with Crippen molar-refractivity contribution in [3.63, 3.8) is 0 Å². The molecule has 0 aliphatic carbocycles. The minimum Gasteiger partial charge on any atom is -0.364 e. The van der Waals surface area contributed by atoms with E-state index in [2.05, 4.69) is 10.4 Å². The standard InChI is InChI=1S/C12H10Cl2N4O2/c1-18-5-9(10(17-18)11(15)19)16-12(20)7-3-2-6(13)4-8(7)14/h2-5H,1H3,(H2,15,19)(H,16,20). The van der Waals surface area contributed by atoms with E-state index in [1.165, 1.54) is 23.0 Å². The monoisotopic (exact) mass is 312 g/mol. The fourth-order valence-electron chi connectivity index (χ4n) is 1.63. The van der Waals surface area contributed by atoms with Crippen molar-refractivity contribution in [2.45, 2.75) is 0 Å². The molecule has 1 aromatic carbocycles. The molecule has 2 aromatic rings. The number of carbonyl (C=O) groups is 2. The largest absolute Gasteiger partial charge is 0.364 e. The van der Waals surface area contributed by atoms with E-state index in [1.54, 1.807) is 13.1 Å². The van der Waals surface area contributed by atoms with E-state index in [-0.39, 0.29) is 22.0 Å². The number of hydrogen-bond acceptors (Lipinski definition) is 3. The van der Waals surface area contributed by atoms with Gasteiger partial charge in [0, 0.05) is 18.3 Å². The third kappa shape index (κ3) is 2.92. The normalized spacial score (nSPS) is 10.3. The zero-order valence-corrected chi connectivity index (χ0v) is 11.9. The maximum atomic E-state index is 12.1. The molecule has 20 heavy (non-hydrogen) atoms. The summed E-state index contributed by atoms with van der Waals surface area (Å²) in [5.41, 5.74) is 5.61. The molecular weight excluding hydrogens is 303 g/mol. The second-order valence-corrected chi connectivity index (χ2v) is 4.85. The van der Waals surface area contributed by atoms with Crippen molar-refractivity contribution in [2.75, 3.05) is 5.32 Å². The first kappa shape index (κ1) is 14.4. The van der Waals surface area contributed by atoms with Crippen molar-refractivity contribution in [1.82, 2.24) is 9.78 Å². The lowest BCUT2D eigenvalue weighted by molar-refractivity contribution is 0.0995. The number of anilines is 1.